The summed E-state index contributed by atoms with van der Waals surface area (Å²) in [5.74, 6) is 0.892. The number of aryl methyl sites for hydroxylation is 1. The van der Waals surface area contributed by atoms with Crippen LogP contribution >= 0.6 is 0 Å². The molecule has 2 aromatic rings. The molecule has 0 fully saturated rings. The fraction of sp³-hybridized carbons (Fsp3) is 0.250. The van der Waals surface area contributed by atoms with E-state index in [4.69, 9.17) is 10.5 Å². The normalized spacial score (nSPS) is 12.1. The van der Waals surface area contributed by atoms with Crippen molar-refractivity contribution in [1.29, 1.82) is 0 Å². The van der Waals surface area contributed by atoms with E-state index in [1.54, 1.807) is 0 Å². The first-order chi connectivity index (χ1) is 8.79. The number of ether oxygens (including phenoxy) is 1. The summed E-state index contributed by atoms with van der Waals surface area (Å²) in [5.41, 5.74) is 8.07. The second kappa shape index (κ2) is 6.22. The average molecular weight is 241 g/mol. The molecule has 0 aliphatic carbocycles. The number of benzene rings is 2. The van der Waals surface area contributed by atoms with Gasteiger partial charge in [0.2, 0.25) is 0 Å². The van der Waals surface area contributed by atoms with Gasteiger partial charge in [0.05, 0.1) is 0 Å². The molecule has 2 heteroatoms. The van der Waals surface area contributed by atoms with Gasteiger partial charge in [-0.05, 0) is 31.2 Å². The SMILES string of the molecule is Cc1ccc(OC(CCN)c2ccccc2)cc1. The van der Waals surface area contributed by atoms with Crippen molar-refractivity contribution in [2.24, 2.45) is 5.73 Å². The minimum absolute atomic E-state index is 0.0268. The number of hydrogen-bond donors (Lipinski definition) is 1. The number of nitrogens with two attached hydrogens (primary N) is 1. The van der Waals surface area contributed by atoms with Crippen LogP contribution in [0, 0.1) is 6.92 Å². The van der Waals surface area contributed by atoms with Gasteiger partial charge in [0.15, 0.2) is 0 Å². The maximum absolute atomic E-state index is 6.02. The Kier molecular flexibility index (Phi) is 4.37. The summed E-state index contributed by atoms with van der Waals surface area (Å²) in [6, 6.07) is 18.3. The summed E-state index contributed by atoms with van der Waals surface area (Å²) in [7, 11) is 0. The maximum Gasteiger partial charge on any atom is 0.125 e. The molecule has 2 aromatic carbocycles. The Morgan fingerprint density at radius 1 is 1.00 bits per heavy atom. The van der Waals surface area contributed by atoms with Crippen LogP contribution in [0.15, 0.2) is 54.6 Å². The maximum atomic E-state index is 6.02. The van der Waals surface area contributed by atoms with E-state index in [0.29, 0.717) is 6.54 Å². The lowest BCUT2D eigenvalue weighted by atomic mass is 10.1. The van der Waals surface area contributed by atoms with Gasteiger partial charge >= 0.3 is 0 Å². The first-order valence-corrected chi connectivity index (χ1v) is 6.28. The topological polar surface area (TPSA) is 35.2 Å². The van der Waals surface area contributed by atoms with E-state index in [9.17, 15) is 0 Å². The van der Waals surface area contributed by atoms with E-state index < -0.39 is 0 Å². The summed E-state index contributed by atoms with van der Waals surface area (Å²) in [6.07, 6.45) is 0.844. The largest absolute Gasteiger partial charge is 0.486 e. The fourth-order valence-corrected chi connectivity index (χ4v) is 1.89. The van der Waals surface area contributed by atoms with E-state index in [1.165, 1.54) is 11.1 Å². The van der Waals surface area contributed by atoms with Crippen LogP contribution in [0.5, 0.6) is 5.75 Å². The van der Waals surface area contributed by atoms with Crippen molar-refractivity contribution in [3.05, 3.63) is 65.7 Å². The Hall–Kier alpha value is -1.80. The van der Waals surface area contributed by atoms with Crippen LogP contribution in [0.1, 0.15) is 23.7 Å². The van der Waals surface area contributed by atoms with Gasteiger partial charge in [-0.3, -0.25) is 0 Å². The van der Waals surface area contributed by atoms with E-state index in [2.05, 4.69) is 31.2 Å². The lowest BCUT2D eigenvalue weighted by Gasteiger charge is -2.19. The number of rotatable bonds is 5. The van der Waals surface area contributed by atoms with E-state index in [-0.39, 0.29) is 6.10 Å². The van der Waals surface area contributed by atoms with Crippen LogP contribution in [0.4, 0.5) is 0 Å². The standard InChI is InChI=1S/C16H19NO/c1-13-7-9-15(10-8-13)18-16(11-12-17)14-5-3-2-4-6-14/h2-10,16H,11-12,17H2,1H3. The minimum Gasteiger partial charge on any atom is -0.486 e. The molecule has 0 aromatic heterocycles. The molecule has 0 saturated heterocycles. The third-order valence-corrected chi connectivity index (χ3v) is 2.90. The third kappa shape index (κ3) is 3.34. The van der Waals surface area contributed by atoms with Crippen LogP contribution in [-0.2, 0) is 0 Å². The summed E-state index contributed by atoms with van der Waals surface area (Å²) in [5, 5.41) is 0. The van der Waals surface area contributed by atoms with Crippen LogP contribution < -0.4 is 10.5 Å². The highest BCUT2D eigenvalue weighted by Gasteiger charge is 2.11. The average Bonchev–Trinajstić information content (AvgIpc) is 2.42. The fourth-order valence-electron chi connectivity index (χ4n) is 1.89. The van der Waals surface area contributed by atoms with Crippen molar-refractivity contribution in [3.8, 4) is 5.75 Å². The summed E-state index contributed by atoms with van der Waals surface area (Å²) in [6.45, 7) is 2.68. The Morgan fingerprint density at radius 2 is 1.67 bits per heavy atom. The molecular formula is C16H19NO. The summed E-state index contributed by atoms with van der Waals surface area (Å²) >= 11 is 0. The predicted octanol–water partition coefficient (Wildman–Crippen LogP) is 3.46. The van der Waals surface area contributed by atoms with Crippen LogP contribution in [0.25, 0.3) is 0 Å². The molecule has 0 amide bonds. The molecule has 2 rings (SSSR count). The smallest absolute Gasteiger partial charge is 0.125 e. The summed E-state index contributed by atoms with van der Waals surface area (Å²) < 4.78 is 6.02. The molecule has 0 spiro atoms. The lowest BCUT2D eigenvalue weighted by Crippen LogP contribution is -2.13. The highest BCUT2D eigenvalue weighted by molar-refractivity contribution is 5.28. The Morgan fingerprint density at radius 3 is 2.28 bits per heavy atom. The zero-order valence-electron chi connectivity index (χ0n) is 10.7. The zero-order valence-corrected chi connectivity index (χ0v) is 10.7. The molecule has 18 heavy (non-hydrogen) atoms. The van der Waals surface area contributed by atoms with E-state index in [0.717, 1.165) is 12.2 Å². The van der Waals surface area contributed by atoms with Crippen molar-refractivity contribution >= 4 is 0 Å². The van der Waals surface area contributed by atoms with Gasteiger partial charge in [-0.1, -0.05) is 48.0 Å². The molecule has 1 atom stereocenters. The second-order valence-corrected chi connectivity index (χ2v) is 4.41. The first-order valence-electron chi connectivity index (χ1n) is 6.28. The molecule has 0 heterocycles. The van der Waals surface area contributed by atoms with Gasteiger partial charge in [-0.2, -0.15) is 0 Å². The Balaban J connectivity index is 2.14. The van der Waals surface area contributed by atoms with Crippen LogP contribution in [0.3, 0.4) is 0 Å². The van der Waals surface area contributed by atoms with Crippen LogP contribution in [0.2, 0.25) is 0 Å². The molecule has 0 radical (unpaired) electrons. The third-order valence-electron chi connectivity index (χ3n) is 2.90. The Labute approximate surface area is 108 Å². The molecular weight excluding hydrogens is 222 g/mol. The van der Waals surface area contributed by atoms with Gasteiger partial charge in [-0.15, -0.1) is 0 Å². The summed E-state index contributed by atoms with van der Waals surface area (Å²) in [4.78, 5) is 0. The predicted molar refractivity (Wildman–Crippen MR) is 74.7 cm³/mol. The van der Waals surface area contributed by atoms with Crippen molar-refractivity contribution in [2.75, 3.05) is 6.54 Å². The van der Waals surface area contributed by atoms with Crippen LogP contribution in [-0.4, -0.2) is 6.54 Å². The molecule has 0 bridgehead atoms. The van der Waals surface area contributed by atoms with E-state index in [1.807, 2.05) is 30.3 Å². The van der Waals surface area contributed by atoms with Crippen molar-refractivity contribution in [2.45, 2.75) is 19.4 Å². The van der Waals surface area contributed by atoms with Crippen molar-refractivity contribution in [3.63, 3.8) is 0 Å². The lowest BCUT2D eigenvalue weighted by molar-refractivity contribution is 0.198. The minimum atomic E-state index is 0.0268. The highest BCUT2D eigenvalue weighted by Crippen LogP contribution is 2.24. The van der Waals surface area contributed by atoms with Crippen molar-refractivity contribution < 1.29 is 4.74 Å². The zero-order chi connectivity index (χ0) is 12.8. The van der Waals surface area contributed by atoms with Gasteiger partial charge in [0, 0.05) is 6.42 Å². The van der Waals surface area contributed by atoms with Gasteiger partial charge in [-0.25, -0.2) is 0 Å². The van der Waals surface area contributed by atoms with Crippen molar-refractivity contribution in [1.82, 2.24) is 0 Å². The second-order valence-electron chi connectivity index (χ2n) is 4.41. The van der Waals surface area contributed by atoms with Gasteiger partial charge in [0.1, 0.15) is 11.9 Å². The quantitative estimate of drug-likeness (QED) is 0.870. The number of hydrogen-bond acceptors (Lipinski definition) is 2. The molecule has 2 nitrogen and oxygen atoms in total. The molecule has 94 valence electrons. The molecule has 0 aliphatic heterocycles. The molecule has 2 N–H and O–H groups in total. The molecule has 0 aliphatic rings. The van der Waals surface area contributed by atoms with Gasteiger partial charge in [0.25, 0.3) is 0 Å². The molecule has 1 unspecified atom stereocenters. The molecule has 0 saturated carbocycles. The van der Waals surface area contributed by atoms with E-state index >= 15 is 0 Å². The Bertz CT molecular complexity index is 464. The highest BCUT2D eigenvalue weighted by atomic mass is 16.5. The van der Waals surface area contributed by atoms with Gasteiger partial charge < -0.3 is 10.5 Å². The monoisotopic (exact) mass is 241 g/mol. The first kappa shape index (κ1) is 12.7.